The van der Waals surface area contributed by atoms with E-state index in [1.54, 1.807) is 0 Å². The molecule has 0 fully saturated rings. The number of carboxylic acids is 1. The van der Waals surface area contributed by atoms with Crippen LogP contribution < -0.4 is 4.72 Å². The Balaban J connectivity index is 2.38. The number of H-pyrrole nitrogens is 2. The Bertz CT molecular complexity index is 629. The average molecular weight is 257 g/mol. The summed E-state index contributed by atoms with van der Waals surface area (Å²) >= 11 is 0. The third-order valence-electron chi connectivity index (χ3n) is 1.85. The molecule has 10 heteroatoms. The molecular formula is C7H7N5O4S. The van der Waals surface area contributed by atoms with E-state index < -0.39 is 26.6 Å². The maximum absolute atomic E-state index is 11.8. The van der Waals surface area contributed by atoms with E-state index >= 15 is 0 Å². The van der Waals surface area contributed by atoms with Crippen molar-refractivity contribution in [2.45, 2.75) is 5.03 Å². The molecule has 0 atom stereocenters. The van der Waals surface area contributed by atoms with Crippen LogP contribution in [0.2, 0.25) is 0 Å². The molecule has 90 valence electrons. The molecule has 0 radical (unpaired) electrons. The van der Waals surface area contributed by atoms with Crippen molar-refractivity contribution in [2.24, 2.45) is 0 Å². The highest BCUT2D eigenvalue weighted by atomic mass is 32.2. The van der Waals surface area contributed by atoms with Crippen LogP contribution in [0.4, 0.5) is 5.82 Å². The Morgan fingerprint density at radius 2 is 2.12 bits per heavy atom. The van der Waals surface area contributed by atoms with Crippen LogP contribution in [0.1, 0.15) is 10.4 Å². The van der Waals surface area contributed by atoms with Gasteiger partial charge in [0, 0.05) is 6.07 Å². The van der Waals surface area contributed by atoms with Crippen molar-refractivity contribution in [2.75, 3.05) is 4.72 Å². The molecule has 4 N–H and O–H groups in total. The third-order valence-corrected chi connectivity index (χ3v) is 3.19. The van der Waals surface area contributed by atoms with E-state index in [0.29, 0.717) is 0 Å². The van der Waals surface area contributed by atoms with Crippen LogP contribution in [0.3, 0.4) is 0 Å². The van der Waals surface area contributed by atoms with E-state index in [4.69, 9.17) is 5.11 Å². The van der Waals surface area contributed by atoms with Crippen molar-refractivity contribution >= 4 is 21.8 Å². The fourth-order valence-corrected chi connectivity index (χ4v) is 2.25. The van der Waals surface area contributed by atoms with Gasteiger partial charge < -0.3 is 5.11 Å². The normalized spacial score (nSPS) is 11.3. The molecule has 0 aliphatic rings. The minimum atomic E-state index is -4.04. The lowest BCUT2D eigenvalue weighted by atomic mass is 10.4. The van der Waals surface area contributed by atoms with Crippen molar-refractivity contribution < 1.29 is 18.3 Å². The van der Waals surface area contributed by atoms with E-state index in [9.17, 15) is 13.2 Å². The van der Waals surface area contributed by atoms with Gasteiger partial charge in [-0.3, -0.25) is 14.9 Å². The van der Waals surface area contributed by atoms with Crippen molar-refractivity contribution in [3.63, 3.8) is 0 Å². The van der Waals surface area contributed by atoms with Gasteiger partial charge >= 0.3 is 5.97 Å². The number of aromatic amines is 2. The molecule has 0 bridgehead atoms. The number of hydrogen-bond acceptors (Lipinski definition) is 5. The number of rotatable bonds is 4. The highest BCUT2D eigenvalue weighted by Gasteiger charge is 2.25. The maximum Gasteiger partial charge on any atom is 0.340 e. The van der Waals surface area contributed by atoms with Crippen molar-refractivity contribution in [1.82, 2.24) is 20.4 Å². The van der Waals surface area contributed by atoms with Crippen LogP contribution in [0.5, 0.6) is 0 Å². The van der Waals surface area contributed by atoms with Crippen LogP contribution in [0, 0.1) is 0 Å². The molecule has 0 aliphatic carbocycles. The lowest BCUT2D eigenvalue weighted by molar-refractivity contribution is 0.0692. The lowest BCUT2D eigenvalue weighted by Gasteiger charge is -2.03. The van der Waals surface area contributed by atoms with Gasteiger partial charge in [0.05, 0.1) is 12.4 Å². The Hall–Kier alpha value is -2.36. The minimum Gasteiger partial charge on any atom is -0.478 e. The summed E-state index contributed by atoms with van der Waals surface area (Å²) in [5.41, 5.74) is -0.433. The first-order valence-electron chi connectivity index (χ1n) is 4.29. The van der Waals surface area contributed by atoms with Gasteiger partial charge in [-0.2, -0.15) is 18.6 Å². The molecule has 0 aliphatic heterocycles. The van der Waals surface area contributed by atoms with E-state index in [1.807, 2.05) is 0 Å². The van der Waals surface area contributed by atoms with Crippen LogP contribution in [0.25, 0.3) is 0 Å². The average Bonchev–Trinajstić information content (AvgIpc) is 2.84. The predicted octanol–water partition coefficient (Wildman–Crippen LogP) is -0.368. The fourth-order valence-electron chi connectivity index (χ4n) is 1.14. The zero-order chi connectivity index (χ0) is 12.5. The number of aromatic carboxylic acids is 1. The first kappa shape index (κ1) is 11.1. The summed E-state index contributed by atoms with van der Waals surface area (Å²) in [4.78, 5) is 10.8. The van der Waals surface area contributed by atoms with Gasteiger partial charge in [0.25, 0.3) is 10.0 Å². The molecule has 2 heterocycles. The van der Waals surface area contributed by atoms with Crippen LogP contribution in [0.15, 0.2) is 23.5 Å². The molecule has 0 amide bonds. The molecule has 0 aromatic carbocycles. The van der Waals surface area contributed by atoms with Gasteiger partial charge in [0.2, 0.25) is 0 Å². The molecule has 2 rings (SSSR count). The Kier molecular flexibility index (Phi) is 2.55. The lowest BCUT2D eigenvalue weighted by Crippen LogP contribution is -2.16. The molecule has 2 aromatic heterocycles. The summed E-state index contributed by atoms with van der Waals surface area (Å²) in [7, 11) is -4.04. The standard InChI is InChI=1S/C7H7N5O4S/c13-7(14)4-3-9-11-6(4)17(15,16)12-5-1-2-8-10-5/h1-3H,(H,9,11)(H,13,14)(H2,8,10,12). The first-order chi connectivity index (χ1) is 8.00. The highest BCUT2D eigenvalue weighted by molar-refractivity contribution is 7.92. The molecular weight excluding hydrogens is 250 g/mol. The third kappa shape index (κ3) is 2.10. The molecule has 9 nitrogen and oxygen atoms in total. The molecule has 0 unspecified atom stereocenters. The van der Waals surface area contributed by atoms with E-state index in [-0.39, 0.29) is 5.82 Å². The summed E-state index contributed by atoms with van der Waals surface area (Å²) in [5.74, 6) is -1.26. The van der Waals surface area contributed by atoms with Crippen LogP contribution in [-0.4, -0.2) is 39.9 Å². The largest absolute Gasteiger partial charge is 0.478 e. The highest BCUT2D eigenvalue weighted by Crippen LogP contribution is 2.15. The van der Waals surface area contributed by atoms with Gasteiger partial charge in [0.15, 0.2) is 5.03 Å². The van der Waals surface area contributed by atoms with Crippen molar-refractivity contribution in [1.29, 1.82) is 0 Å². The number of hydrogen-bond donors (Lipinski definition) is 4. The number of sulfonamides is 1. The number of carbonyl (C=O) groups is 1. The second kappa shape index (κ2) is 3.90. The Morgan fingerprint density at radius 1 is 1.35 bits per heavy atom. The van der Waals surface area contributed by atoms with E-state index in [0.717, 1.165) is 6.20 Å². The number of nitrogens with one attached hydrogen (secondary N) is 3. The predicted molar refractivity (Wildman–Crippen MR) is 54.9 cm³/mol. The molecule has 0 saturated carbocycles. The maximum atomic E-state index is 11.8. The molecule has 0 saturated heterocycles. The summed E-state index contributed by atoms with van der Waals surface area (Å²) in [6.45, 7) is 0. The summed E-state index contributed by atoms with van der Waals surface area (Å²) in [6.07, 6.45) is 2.27. The zero-order valence-electron chi connectivity index (χ0n) is 8.21. The zero-order valence-corrected chi connectivity index (χ0v) is 9.02. The fraction of sp³-hybridized carbons (Fsp3) is 0. The minimum absolute atomic E-state index is 0.121. The van der Waals surface area contributed by atoms with Gasteiger partial charge in [-0.05, 0) is 0 Å². The van der Waals surface area contributed by atoms with Gasteiger partial charge in [-0.15, -0.1) is 0 Å². The second-order valence-corrected chi connectivity index (χ2v) is 4.61. The van der Waals surface area contributed by atoms with Crippen molar-refractivity contribution in [3.05, 3.63) is 24.0 Å². The monoisotopic (exact) mass is 257 g/mol. The summed E-state index contributed by atoms with van der Waals surface area (Å²) in [6, 6.07) is 1.38. The SMILES string of the molecule is O=C(O)c1cn[nH]c1S(=O)(=O)Nc1ccn[nH]1. The van der Waals surface area contributed by atoms with Gasteiger partial charge in [-0.1, -0.05) is 0 Å². The van der Waals surface area contributed by atoms with Gasteiger partial charge in [0.1, 0.15) is 11.4 Å². The van der Waals surface area contributed by atoms with Gasteiger partial charge in [-0.25, -0.2) is 4.79 Å². The molecule has 17 heavy (non-hydrogen) atoms. The Labute approximate surface area is 94.9 Å². The smallest absolute Gasteiger partial charge is 0.340 e. The van der Waals surface area contributed by atoms with E-state index in [2.05, 4.69) is 25.1 Å². The summed E-state index contributed by atoms with van der Waals surface area (Å²) in [5, 5.41) is 19.7. The second-order valence-electron chi connectivity index (χ2n) is 2.99. The number of anilines is 1. The number of carboxylic acid groups (broad SMARTS) is 1. The van der Waals surface area contributed by atoms with Crippen LogP contribution in [-0.2, 0) is 10.0 Å². The molecule has 0 spiro atoms. The number of nitrogens with zero attached hydrogens (tertiary/aromatic N) is 2. The van der Waals surface area contributed by atoms with Crippen LogP contribution >= 0.6 is 0 Å². The first-order valence-corrected chi connectivity index (χ1v) is 5.78. The topological polar surface area (TPSA) is 141 Å². The van der Waals surface area contributed by atoms with E-state index in [1.165, 1.54) is 12.3 Å². The quantitative estimate of drug-likeness (QED) is 0.589. The molecule has 2 aromatic rings. The van der Waals surface area contributed by atoms with Crippen molar-refractivity contribution in [3.8, 4) is 0 Å². The number of aromatic nitrogens is 4. The Morgan fingerprint density at radius 3 is 2.71 bits per heavy atom. The summed E-state index contributed by atoms with van der Waals surface area (Å²) < 4.78 is 25.7.